The van der Waals surface area contributed by atoms with Crippen LogP contribution >= 0.6 is 35.3 Å². The number of aliphatic imine (C=N–C) groups is 1. The van der Waals surface area contributed by atoms with Gasteiger partial charge in [-0.1, -0.05) is 0 Å². The number of benzene rings is 1. The Labute approximate surface area is 182 Å². The van der Waals surface area contributed by atoms with Crippen LogP contribution in [0.15, 0.2) is 35.3 Å². The highest BCUT2D eigenvalue weighted by Crippen LogP contribution is 2.26. The Kier molecular flexibility index (Phi) is 10.5. The van der Waals surface area contributed by atoms with Crippen molar-refractivity contribution in [3.05, 3.63) is 45.6 Å². The summed E-state index contributed by atoms with van der Waals surface area (Å²) >= 11 is 1.74. The zero-order valence-corrected chi connectivity index (χ0v) is 19.3. The Bertz CT molecular complexity index is 714. The van der Waals surface area contributed by atoms with Gasteiger partial charge in [0, 0.05) is 28.9 Å². The van der Waals surface area contributed by atoms with E-state index < -0.39 is 6.10 Å². The van der Waals surface area contributed by atoms with Crippen LogP contribution in [0, 0.1) is 6.92 Å². The van der Waals surface area contributed by atoms with E-state index in [1.54, 1.807) is 43.8 Å². The molecule has 0 radical (unpaired) electrons. The van der Waals surface area contributed by atoms with E-state index in [9.17, 15) is 5.11 Å². The summed E-state index contributed by atoms with van der Waals surface area (Å²) in [5, 5.41) is 16.9. The Morgan fingerprint density at radius 3 is 2.33 bits per heavy atom. The van der Waals surface area contributed by atoms with E-state index in [0.717, 1.165) is 12.1 Å². The minimum atomic E-state index is -0.716. The first-order valence-corrected chi connectivity index (χ1v) is 9.35. The van der Waals surface area contributed by atoms with Crippen molar-refractivity contribution in [3.8, 4) is 11.5 Å². The number of nitrogens with one attached hydrogen (secondary N) is 2. The second-order valence-corrected chi connectivity index (χ2v) is 7.12. The molecule has 0 spiro atoms. The van der Waals surface area contributed by atoms with Crippen molar-refractivity contribution in [3.63, 3.8) is 0 Å². The van der Waals surface area contributed by atoms with Gasteiger partial charge in [0.15, 0.2) is 5.96 Å². The summed E-state index contributed by atoms with van der Waals surface area (Å²) < 4.78 is 10.5. The first-order valence-electron chi connectivity index (χ1n) is 8.54. The number of hydrogen-bond acceptors (Lipinski definition) is 5. The molecule has 1 unspecified atom stereocenters. The van der Waals surface area contributed by atoms with Crippen molar-refractivity contribution >= 4 is 41.3 Å². The highest BCUT2D eigenvalue weighted by molar-refractivity contribution is 14.0. The number of guanidine groups is 1. The molecule has 2 rings (SSSR count). The van der Waals surface area contributed by atoms with Crippen LogP contribution < -0.4 is 20.1 Å². The summed E-state index contributed by atoms with van der Waals surface area (Å²) in [6.45, 7) is 5.77. The van der Waals surface area contributed by atoms with Crippen LogP contribution in [0.3, 0.4) is 0 Å². The molecular weight excluding hydrogens is 477 g/mol. The van der Waals surface area contributed by atoms with Crippen molar-refractivity contribution < 1.29 is 14.6 Å². The number of rotatable bonds is 8. The number of halogens is 1. The second-order valence-electron chi connectivity index (χ2n) is 5.75. The number of ether oxygens (including phenoxy) is 2. The highest BCUT2D eigenvalue weighted by atomic mass is 127. The van der Waals surface area contributed by atoms with Gasteiger partial charge in [0.2, 0.25) is 0 Å². The lowest BCUT2D eigenvalue weighted by atomic mass is 10.1. The molecule has 0 aliphatic heterocycles. The first kappa shape index (κ1) is 23.5. The summed E-state index contributed by atoms with van der Waals surface area (Å²) in [7, 11) is 3.18. The van der Waals surface area contributed by atoms with E-state index in [0.29, 0.717) is 30.5 Å². The normalized spacial score (nSPS) is 12.1. The summed E-state index contributed by atoms with van der Waals surface area (Å²) in [5.74, 6) is 1.96. The maximum absolute atomic E-state index is 10.5. The maximum Gasteiger partial charge on any atom is 0.191 e. The lowest BCUT2D eigenvalue weighted by Crippen LogP contribution is -2.39. The fourth-order valence-corrected chi connectivity index (χ4v) is 3.22. The molecule has 3 N–H and O–H groups in total. The molecule has 27 heavy (non-hydrogen) atoms. The zero-order valence-electron chi connectivity index (χ0n) is 16.1. The third kappa shape index (κ3) is 7.55. The number of thiophene rings is 1. The molecule has 150 valence electrons. The Morgan fingerprint density at radius 1 is 1.15 bits per heavy atom. The molecule has 0 aliphatic rings. The predicted octanol–water partition coefficient (Wildman–Crippen LogP) is 3.48. The SMILES string of the molecule is CCNC(=NCc1ccc(C)s1)NCC(O)c1cc(OC)cc(OC)c1.I. The molecule has 2 aromatic rings. The molecule has 1 aromatic carbocycles. The summed E-state index contributed by atoms with van der Waals surface area (Å²) in [6, 6.07) is 9.55. The van der Waals surface area contributed by atoms with E-state index in [1.165, 1.54) is 9.75 Å². The topological polar surface area (TPSA) is 75.1 Å². The molecule has 1 heterocycles. The summed E-state index contributed by atoms with van der Waals surface area (Å²) in [4.78, 5) is 7.05. The van der Waals surface area contributed by atoms with Gasteiger partial charge < -0.3 is 25.2 Å². The van der Waals surface area contributed by atoms with Crippen LogP contribution in [0.2, 0.25) is 0 Å². The first-order chi connectivity index (χ1) is 12.5. The molecule has 1 aromatic heterocycles. The molecule has 0 aliphatic carbocycles. The minimum absolute atomic E-state index is 0. The third-order valence-electron chi connectivity index (χ3n) is 3.75. The number of nitrogens with zero attached hydrogens (tertiary/aromatic N) is 1. The highest BCUT2D eigenvalue weighted by Gasteiger charge is 2.12. The number of aryl methyl sites for hydroxylation is 1. The maximum atomic E-state index is 10.5. The van der Waals surface area contributed by atoms with E-state index in [-0.39, 0.29) is 24.0 Å². The monoisotopic (exact) mass is 505 g/mol. The van der Waals surface area contributed by atoms with E-state index in [1.807, 2.05) is 6.92 Å². The van der Waals surface area contributed by atoms with E-state index in [2.05, 4.69) is 34.7 Å². The van der Waals surface area contributed by atoms with Gasteiger partial charge in [-0.05, 0) is 43.7 Å². The summed E-state index contributed by atoms with van der Waals surface area (Å²) in [6.07, 6.45) is -0.716. The number of methoxy groups -OCH3 is 2. The van der Waals surface area contributed by atoms with Gasteiger partial charge in [-0.3, -0.25) is 0 Å². The number of aliphatic hydroxyl groups is 1. The fourth-order valence-electron chi connectivity index (χ4n) is 2.40. The second kappa shape index (κ2) is 12.0. The largest absolute Gasteiger partial charge is 0.497 e. The Hall–Kier alpha value is -1.52. The van der Waals surface area contributed by atoms with E-state index >= 15 is 0 Å². The van der Waals surface area contributed by atoms with Gasteiger partial charge in [0.05, 0.1) is 26.9 Å². The van der Waals surface area contributed by atoms with Crippen molar-refractivity contribution in [1.29, 1.82) is 0 Å². The average molecular weight is 505 g/mol. The smallest absolute Gasteiger partial charge is 0.191 e. The molecule has 0 saturated heterocycles. The van der Waals surface area contributed by atoms with Crippen molar-refractivity contribution in [2.24, 2.45) is 4.99 Å². The van der Waals surface area contributed by atoms with Crippen LogP contribution in [-0.4, -0.2) is 38.4 Å². The van der Waals surface area contributed by atoms with Gasteiger partial charge in [0.25, 0.3) is 0 Å². The third-order valence-corrected chi connectivity index (χ3v) is 4.74. The molecule has 0 bridgehead atoms. The van der Waals surface area contributed by atoms with Crippen LogP contribution in [0.25, 0.3) is 0 Å². The van der Waals surface area contributed by atoms with Crippen LogP contribution in [0.5, 0.6) is 11.5 Å². The van der Waals surface area contributed by atoms with E-state index in [4.69, 9.17) is 9.47 Å². The number of aliphatic hydroxyl groups excluding tert-OH is 1. The van der Waals surface area contributed by atoms with Gasteiger partial charge in [-0.2, -0.15) is 0 Å². The van der Waals surface area contributed by atoms with Crippen molar-refractivity contribution in [2.75, 3.05) is 27.3 Å². The molecule has 6 nitrogen and oxygen atoms in total. The average Bonchev–Trinajstić information content (AvgIpc) is 3.08. The van der Waals surface area contributed by atoms with Gasteiger partial charge in [-0.15, -0.1) is 35.3 Å². The molecule has 0 saturated carbocycles. The molecule has 1 atom stereocenters. The zero-order chi connectivity index (χ0) is 18.9. The molecule has 8 heteroatoms. The fraction of sp³-hybridized carbons (Fsp3) is 0.421. The predicted molar refractivity (Wildman–Crippen MR) is 122 cm³/mol. The standard InChI is InChI=1S/C19H27N3O3S.HI/c1-5-20-19(21-11-17-7-6-13(2)26-17)22-12-18(23)14-8-15(24-3)10-16(9-14)25-4;/h6-10,18,23H,5,11-12H2,1-4H3,(H2,20,21,22);1H. The minimum Gasteiger partial charge on any atom is -0.497 e. The van der Waals surface area contributed by atoms with Gasteiger partial charge in [0.1, 0.15) is 11.5 Å². The quantitative estimate of drug-likeness (QED) is 0.291. The lowest BCUT2D eigenvalue weighted by Gasteiger charge is -2.17. The summed E-state index contributed by atoms with van der Waals surface area (Å²) in [5.41, 5.74) is 0.721. The Morgan fingerprint density at radius 2 is 1.81 bits per heavy atom. The van der Waals surface area contributed by atoms with Crippen LogP contribution in [-0.2, 0) is 6.54 Å². The molecule has 0 fully saturated rings. The Balaban J connectivity index is 0.00000364. The van der Waals surface area contributed by atoms with Crippen molar-refractivity contribution in [2.45, 2.75) is 26.5 Å². The van der Waals surface area contributed by atoms with Gasteiger partial charge >= 0.3 is 0 Å². The van der Waals surface area contributed by atoms with Gasteiger partial charge in [-0.25, -0.2) is 4.99 Å². The number of hydrogen-bond donors (Lipinski definition) is 3. The molecule has 0 amide bonds. The van der Waals surface area contributed by atoms with Crippen LogP contribution in [0.1, 0.15) is 28.3 Å². The molecular formula is C19H28IN3O3S. The van der Waals surface area contributed by atoms with Crippen LogP contribution in [0.4, 0.5) is 0 Å². The lowest BCUT2D eigenvalue weighted by molar-refractivity contribution is 0.180. The van der Waals surface area contributed by atoms with Crippen molar-refractivity contribution in [1.82, 2.24) is 10.6 Å².